The van der Waals surface area contributed by atoms with Gasteiger partial charge in [-0.05, 0) is 49.9 Å². The van der Waals surface area contributed by atoms with Crippen LogP contribution in [0, 0.1) is 17.1 Å². The van der Waals surface area contributed by atoms with E-state index in [4.69, 9.17) is 31.0 Å². The molecule has 2 aromatic heterocycles. The van der Waals surface area contributed by atoms with Crippen molar-refractivity contribution < 1.29 is 27.4 Å². The second-order valence-electron chi connectivity index (χ2n) is 13.6. The topological polar surface area (TPSA) is 94.8 Å². The van der Waals surface area contributed by atoms with E-state index in [1.807, 2.05) is 23.1 Å². The van der Waals surface area contributed by atoms with E-state index in [0.29, 0.717) is 57.0 Å². The Bertz CT molecular complexity index is 2070. The minimum absolute atomic E-state index is 0.0399. The molecule has 8 rings (SSSR count). The maximum Gasteiger partial charge on any atom is 0.319 e. The van der Waals surface area contributed by atoms with Crippen LogP contribution >= 0.6 is 22.9 Å². The van der Waals surface area contributed by atoms with Crippen molar-refractivity contribution in [3.8, 4) is 29.0 Å². The SMILES string of the molecule is C=C(F)C(=O)N1CCN(c2nc(OC[C@@]34CCCN3C[C@H](F)C4)nc3c(OC4CC4)c(-c4cccc5scc(F)c45)c(Cl)cc23)C[C@@H]1CC#N. The van der Waals surface area contributed by atoms with Crippen molar-refractivity contribution >= 4 is 55.7 Å². The first-order valence-corrected chi connectivity index (χ1v) is 18.1. The molecule has 50 heavy (non-hydrogen) atoms. The molecular formula is C36H34ClF3N6O3S. The number of carbonyl (C=O) groups excluding carboxylic acids is 1. The van der Waals surface area contributed by atoms with Crippen LogP contribution in [-0.2, 0) is 4.79 Å². The summed E-state index contributed by atoms with van der Waals surface area (Å²) < 4.78 is 57.7. The third-order valence-electron chi connectivity index (χ3n) is 10.3. The number of alkyl halides is 1. The molecule has 4 aromatic rings. The second-order valence-corrected chi connectivity index (χ2v) is 14.9. The van der Waals surface area contributed by atoms with Crippen molar-refractivity contribution in [2.24, 2.45) is 0 Å². The van der Waals surface area contributed by atoms with E-state index in [9.17, 15) is 18.8 Å². The first-order valence-electron chi connectivity index (χ1n) is 16.8. The van der Waals surface area contributed by atoms with Crippen LogP contribution < -0.4 is 14.4 Å². The molecule has 0 bridgehead atoms. The molecule has 1 saturated carbocycles. The average Bonchev–Trinajstić information content (AvgIpc) is 3.59. The number of nitriles is 1. The maximum absolute atomic E-state index is 15.3. The number of halogens is 4. The number of thiophene rings is 1. The smallest absolute Gasteiger partial charge is 0.319 e. The van der Waals surface area contributed by atoms with E-state index >= 15 is 4.39 Å². The van der Waals surface area contributed by atoms with Crippen LogP contribution in [0.2, 0.25) is 5.02 Å². The van der Waals surface area contributed by atoms with Crippen LogP contribution in [-0.4, -0.2) is 88.9 Å². The van der Waals surface area contributed by atoms with Crippen molar-refractivity contribution in [2.75, 3.05) is 44.2 Å². The molecular weight excluding hydrogens is 689 g/mol. The highest BCUT2D eigenvalue weighted by molar-refractivity contribution is 7.17. The lowest BCUT2D eigenvalue weighted by atomic mass is 9.95. The standard InChI is InChI=1S/C36H34ClF3N6O3S/c1-20(38)34(47)46-13-12-44(17-22(46)8-10-41)33-25-14-26(37)29(24-4-2-5-28-30(24)27(40)18-50-28)32(49-23-6-7-23)31(25)42-35(43-33)48-19-36-9-3-11-45(36)16-21(39)15-36/h2,4-5,14,18,21-23H,1,3,6-9,11-13,15-17,19H2/t21-,22+,36+/m1/s1. The highest BCUT2D eigenvalue weighted by Crippen LogP contribution is 2.49. The molecule has 1 amide bonds. The van der Waals surface area contributed by atoms with E-state index in [2.05, 4.69) is 17.5 Å². The van der Waals surface area contributed by atoms with Crippen LogP contribution in [0.3, 0.4) is 0 Å². The van der Waals surface area contributed by atoms with Crippen LogP contribution in [0.4, 0.5) is 19.0 Å². The Morgan fingerprint density at radius 2 is 2.06 bits per heavy atom. The molecule has 0 unspecified atom stereocenters. The average molecular weight is 723 g/mol. The second kappa shape index (κ2) is 12.9. The Balaban J connectivity index is 1.28. The summed E-state index contributed by atoms with van der Waals surface area (Å²) in [7, 11) is 0. The van der Waals surface area contributed by atoms with Crippen molar-refractivity contribution in [2.45, 2.75) is 62.4 Å². The molecule has 4 aliphatic rings. The predicted molar refractivity (Wildman–Crippen MR) is 186 cm³/mol. The van der Waals surface area contributed by atoms with Gasteiger partial charge in [0.25, 0.3) is 5.91 Å². The van der Waals surface area contributed by atoms with Gasteiger partial charge in [0.1, 0.15) is 29.9 Å². The summed E-state index contributed by atoms with van der Waals surface area (Å²) in [6.45, 7) is 5.06. The van der Waals surface area contributed by atoms with Gasteiger partial charge in [0, 0.05) is 59.0 Å². The number of aromatic nitrogens is 2. The van der Waals surface area contributed by atoms with E-state index in [-0.39, 0.29) is 50.6 Å². The zero-order valence-electron chi connectivity index (χ0n) is 27.1. The number of piperazine rings is 1. The molecule has 9 nitrogen and oxygen atoms in total. The monoisotopic (exact) mass is 722 g/mol. The number of hydrogen-bond acceptors (Lipinski definition) is 9. The van der Waals surface area contributed by atoms with Gasteiger partial charge in [0.15, 0.2) is 11.6 Å². The summed E-state index contributed by atoms with van der Waals surface area (Å²) in [5.74, 6) is -1.50. The number of fused-ring (bicyclic) bond motifs is 3. The zero-order chi connectivity index (χ0) is 34.7. The van der Waals surface area contributed by atoms with E-state index < -0.39 is 29.5 Å². The van der Waals surface area contributed by atoms with Crippen LogP contribution in [0.25, 0.3) is 32.1 Å². The summed E-state index contributed by atoms with van der Waals surface area (Å²) in [6, 6.07) is 8.77. The lowest BCUT2D eigenvalue weighted by Crippen LogP contribution is -2.55. The highest BCUT2D eigenvalue weighted by Gasteiger charge is 2.49. The summed E-state index contributed by atoms with van der Waals surface area (Å²) in [6.07, 6.45) is 2.71. The Kier molecular flexibility index (Phi) is 8.52. The first-order chi connectivity index (χ1) is 24.2. The van der Waals surface area contributed by atoms with Gasteiger partial charge in [-0.2, -0.15) is 15.2 Å². The molecule has 5 heterocycles. The normalized spacial score (nSPS) is 23.7. The van der Waals surface area contributed by atoms with Gasteiger partial charge in [-0.1, -0.05) is 30.3 Å². The Hall–Kier alpha value is -4.12. The van der Waals surface area contributed by atoms with Gasteiger partial charge in [0.05, 0.1) is 35.2 Å². The number of ether oxygens (including phenoxy) is 2. The van der Waals surface area contributed by atoms with Crippen molar-refractivity contribution in [3.05, 3.63) is 52.9 Å². The minimum atomic E-state index is -1.09. The predicted octanol–water partition coefficient (Wildman–Crippen LogP) is 7.21. The largest absolute Gasteiger partial charge is 0.487 e. The molecule has 0 radical (unpaired) electrons. The van der Waals surface area contributed by atoms with Crippen LogP contribution in [0.5, 0.6) is 11.8 Å². The van der Waals surface area contributed by atoms with Crippen molar-refractivity contribution in [1.29, 1.82) is 5.26 Å². The summed E-state index contributed by atoms with van der Waals surface area (Å²) >= 11 is 8.42. The summed E-state index contributed by atoms with van der Waals surface area (Å²) in [5.41, 5.74) is 1.02. The van der Waals surface area contributed by atoms with E-state index in [1.54, 1.807) is 6.07 Å². The van der Waals surface area contributed by atoms with Gasteiger partial charge in [0.2, 0.25) is 0 Å². The number of amides is 1. The first kappa shape index (κ1) is 33.0. The maximum atomic E-state index is 15.3. The zero-order valence-corrected chi connectivity index (χ0v) is 28.7. The molecule has 260 valence electrons. The number of hydrogen-bond donors (Lipinski definition) is 0. The molecule has 0 N–H and O–H groups in total. The highest BCUT2D eigenvalue weighted by atomic mass is 35.5. The van der Waals surface area contributed by atoms with Gasteiger partial charge in [-0.3, -0.25) is 9.69 Å². The fraction of sp³-hybridized carbons (Fsp3) is 0.444. The lowest BCUT2D eigenvalue weighted by Gasteiger charge is -2.41. The quantitative estimate of drug-likeness (QED) is 0.167. The third-order valence-corrected chi connectivity index (χ3v) is 11.5. The van der Waals surface area contributed by atoms with Gasteiger partial charge >= 0.3 is 6.01 Å². The Labute approximate surface area is 295 Å². The van der Waals surface area contributed by atoms with Crippen LogP contribution in [0.15, 0.2) is 42.1 Å². The van der Waals surface area contributed by atoms with Gasteiger partial charge < -0.3 is 19.3 Å². The molecule has 3 aliphatic heterocycles. The third kappa shape index (κ3) is 5.81. The number of nitrogens with zero attached hydrogens (tertiary/aromatic N) is 6. The number of anilines is 1. The molecule has 1 aliphatic carbocycles. The van der Waals surface area contributed by atoms with Crippen molar-refractivity contribution in [3.63, 3.8) is 0 Å². The van der Waals surface area contributed by atoms with Crippen LogP contribution in [0.1, 0.15) is 38.5 Å². The molecule has 3 atom stereocenters. The molecule has 3 saturated heterocycles. The van der Waals surface area contributed by atoms with Gasteiger partial charge in [-0.15, -0.1) is 11.3 Å². The fourth-order valence-electron chi connectivity index (χ4n) is 7.85. The Morgan fingerprint density at radius 1 is 1.22 bits per heavy atom. The van der Waals surface area contributed by atoms with E-state index in [0.717, 1.165) is 36.9 Å². The number of rotatable bonds is 9. The molecule has 0 spiro atoms. The molecule has 14 heteroatoms. The number of carbonyl (C=O) groups is 1. The Morgan fingerprint density at radius 3 is 2.84 bits per heavy atom. The molecule has 2 aromatic carbocycles. The fourth-order valence-corrected chi connectivity index (χ4v) is 8.98. The van der Waals surface area contributed by atoms with Crippen molar-refractivity contribution in [1.82, 2.24) is 19.8 Å². The minimum Gasteiger partial charge on any atom is -0.487 e. The summed E-state index contributed by atoms with van der Waals surface area (Å²) in [4.78, 5) is 27.9. The number of benzene rings is 2. The van der Waals surface area contributed by atoms with Gasteiger partial charge in [-0.25, -0.2) is 13.2 Å². The summed E-state index contributed by atoms with van der Waals surface area (Å²) in [5, 5.41) is 12.4. The molecule has 4 fully saturated rings. The lowest BCUT2D eigenvalue weighted by molar-refractivity contribution is -0.131. The van der Waals surface area contributed by atoms with E-state index in [1.165, 1.54) is 21.6 Å².